The van der Waals surface area contributed by atoms with Gasteiger partial charge in [0.15, 0.2) is 6.10 Å². The molecule has 0 aliphatic carbocycles. The zero-order valence-electron chi connectivity index (χ0n) is 10.2. The lowest BCUT2D eigenvalue weighted by atomic mass is 10.3. The van der Waals surface area contributed by atoms with E-state index in [1.165, 1.54) is 11.2 Å². The van der Waals surface area contributed by atoms with Crippen molar-refractivity contribution in [1.82, 2.24) is 25.4 Å². The monoisotopic (exact) mass is 269 g/mol. The van der Waals surface area contributed by atoms with Crippen LogP contribution in [0.1, 0.15) is 5.82 Å². The highest BCUT2D eigenvalue weighted by molar-refractivity contribution is 5.77. The minimum absolute atomic E-state index is 0.0590. The molecule has 1 aliphatic rings. The molecule has 1 fully saturated rings. The van der Waals surface area contributed by atoms with E-state index in [1.54, 1.807) is 0 Å². The Morgan fingerprint density at radius 2 is 2.47 bits per heavy atom. The summed E-state index contributed by atoms with van der Waals surface area (Å²) in [5, 5.41) is 17.9. The number of aliphatic carboxylic acids is 1. The predicted octanol–water partition coefficient (Wildman–Crippen LogP) is -1.16. The van der Waals surface area contributed by atoms with Gasteiger partial charge in [0.25, 0.3) is 0 Å². The Hall–Kier alpha value is -2.16. The van der Waals surface area contributed by atoms with E-state index in [0.29, 0.717) is 25.3 Å². The highest BCUT2D eigenvalue weighted by atomic mass is 16.5. The molecule has 1 saturated heterocycles. The minimum atomic E-state index is -1.06. The van der Waals surface area contributed by atoms with E-state index in [1.807, 2.05) is 0 Å². The van der Waals surface area contributed by atoms with Gasteiger partial charge >= 0.3 is 12.0 Å². The molecular formula is C10H15N5O4. The summed E-state index contributed by atoms with van der Waals surface area (Å²) in [5.74, 6) is -0.371. The molecule has 2 rings (SSSR count). The van der Waals surface area contributed by atoms with Crippen LogP contribution in [-0.2, 0) is 16.0 Å². The van der Waals surface area contributed by atoms with Gasteiger partial charge in [0.05, 0.1) is 13.2 Å². The third-order valence-electron chi connectivity index (χ3n) is 2.73. The molecule has 0 bridgehead atoms. The van der Waals surface area contributed by atoms with Gasteiger partial charge in [-0.15, -0.1) is 0 Å². The molecule has 0 spiro atoms. The van der Waals surface area contributed by atoms with Crippen molar-refractivity contribution in [3.8, 4) is 0 Å². The second-order valence-corrected chi connectivity index (χ2v) is 4.06. The van der Waals surface area contributed by atoms with Gasteiger partial charge in [-0.2, -0.15) is 5.10 Å². The van der Waals surface area contributed by atoms with Crippen molar-refractivity contribution in [3.63, 3.8) is 0 Å². The fraction of sp³-hybridized carbons (Fsp3) is 0.600. The molecule has 19 heavy (non-hydrogen) atoms. The van der Waals surface area contributed by atoms with Crippen molar-refractivity contribution in [2.24, 2.45) is 0 Å². The largest absolute Gasteiger partial charge is 0.479 e. The first-order valence-electron chi connectivity index (χ1n) is 5.88. The number of H-pyrrole nitrogens is 1. The van der Waals surface area contributed by atoms with E-state index < -0.39 is 12.1 Å². The predicted molar refractivity (Wildman–Crippen MR) is 62.4 cm³/mol. The van der Waals surface area contributed by atoms with Gasteiger partial charge in [-0.25, -0.2) is 14.6 Å². The Kier molecular flexibility index (Phi) is 4.29. The molecule has 1 aromatic heterocycles. The number of morpholine rings is 1. The van der Waals surface area contributed by atoms with Gasteiger partial charge in [-0.3, -0.25) is 5.10 Å². The summed E-state index contributed by atoms with van der Waals surface area (Å²) in [6.07, 6.45) is 0.989. The lowest BCUT2D eigenvalue weighted by Crippen LogP contribution is -2.52. The smallest absolute Gasteiger partial charge is 0.334 e. The van der Waals surface area contributed by atoms with Gasteiger partial charge in [-0.05, 0) is 0 Å². The molecule has 9 heteroatoms. The van der Waals surface area contributed by atoms with E-state index in [9.17, 15) is 9.59 Å². The van der Waals surface area contributed by atoms with Crippen molar-refractivity contribution in [1.29, 1.82) is 0 Å². The molecule has 2 amide bonds. The minimum Gasteiger partial charge on any atom is -0.479 e. The van der Waals surface area contributed by atoms with Crippen molar-refractivity contribution in [3.05, 3.63) is 12.2 Å². The number of rotatable bonds is 4. The van der Waals surface area contributed by atoms with Crippen LogP contribution in [-0.4, -0.2) is 69.5 Å². The van der Waals surface area contributed by atoms with Crippen LogP contribution in [0.25, 0.3) is 0 Å². The second-order valence-electron chi connectivity index (χ2n) is 4.06. The fourth-order valence-corrected chi connectivity index (χ4v) is 1.73. The number of carbonyl (C=O) groups is 2. The van der Waals surface area contributed by atoms with E-state index in [2.05, 4.69) is 20.5 Å². The number of ether oxygens (including phenoxy) is 1. The van der Waals surface area contributed by atoms with Crippen molar-refractivity contribution in [2.45, 2.75) is 12.5 Å². The Bertz CT molecular complexity index is 435. The Morgan fingerprint density at radius 3 is 3.16 bits per heavy atom. The highest BCUT2D eigenvalue weighted by Crippen LogP contribution is 2.05. The first-order valence-corrected chi connectivity index (χ1v) is 5.88. The van der Waals surface area contributed by atoms with E-state index >= 15 is 0 Å². The third kappa shape index (κ3) is 3.65. The Morgan fingerprint density at radius 1 is 1.63 bits per heavy atom. The summed E-state index contributed by atoms with van der Waals surface area (Å²) >= 11 is 0. The van der Waals surface area contributed by atoms with Gasteiger partial charge in [-0.1, -0.05) is 0 Å². The summed E-state index contributed by atoms with van der Waals surface area (Å²) in [7, 11) is 0. The Balaban J connectivity index is 1.74. The first-order chi connectivity index (χ1) is 9.16. The number of hydrogen-bond donors (Lipinski definition) is 3. The lowest BCUT2D eigenvalue weighted by Gasteiger charge is -2.30. The summed E-state index contributed by atoms with van der Waals surface area (Å²) in [5.41, 5.74) is 0. The molecule has 2 heterocycles. The molecule has 1 unspecified atom stereocenters. The fourth-order valence-electron chi connectivity index (χ4n) is 1.73. The zero-order valence-corrected chi connectivity index (χ0v) is 10.2. The molecule has 0 radical (unpaired) electrons. The number of amides is 2. The molecule has 0 saturated carbocycles. The van der Waals surface area contributed by atoms with Crippen LogP contribution in [0, 0.1) is 0 Å². The number of aromatic amines is 1. The summed E-state index contributed by atoms with van der Waals surface area (Å²) in [6, 6.07) is -0.297. The van der Waals surface area contributed by atoms with Gasteiger partial charge in [0.1, 0.15) is 12.2 Å². The van der Waals surface area contributed by atoms with Crippen molar-refractivity contribution >= 4 is 12.0 Å². The average molecular weight is 269 g/mol. The summed E-state index contributed by atoms with van der Waals surface area (Å²) in [4.78, 5) is 28.0. The normalized spacial score (nSPS) is 19.2. The average Bonchev–Trinajstić information content (AvgIpc) is 2.92. The molecule has 1 atom stereocenters. The number of urea groups is 1. The molecule has 104 valence electrons. The van der Waals surface area contributed by atoms with Crippen LogP contribution in [0.2, 0.25) is 0 Å². The summed E-state index contributed by atoms with van der Waals surface area (Å²) in [6.45, 7) is 1.08. The topological polar surface area (TPSA) is 120 Å². The highest BCUT2D eigenvalue weighted by Gasteiger charge is 2.28. The number of hydrogen-bond acceptors (Lipinski definition) is 5. The molecule has 1 aliphatic heterocycles. The van der Waals surface area contributed by atoms with E-state index in [-0.39, 0.29) is 19.2 Å². The van der Waals surface area contributed by atoms with Gasteiger partial charge in [0.2, 0.25) is 0 Å². The number of carboxylic acids is 1. The maximum Gasteiger partial charge on any atom is 0.334 e. The molecule has 3 N–H and O–H groups in total. The quantitative estimate of drug-likeness (QED) is 0.634. The number of carbonyl (C=O) groups excluding carboxylic acids is 1. The number of nitrogens with one attached hydrogen (secondary N) is 2. The van der Waals surface area contributed by atoms with E-state index in [4.69, 9.17) is 9.84 Å². The maximum absolute atomic E-state index is 11.8. The first kappa shape index (κ1) is 13.3. The third-order valence-corrected chi connectivity index (χ3v) is 2.73. The van der Waals surface area contributed by atoms with Crippen molar-refractivity contribution < 1.29 is 19.4 Å². The standard InChI is InChI=1S/C10H15N5O4/c16-9(17)7-5-15(3-4-19-7)10(18)11-2-1-8-12-6-13-14-8/h6-7H,1-5H2,(H,11,18)(H,16,17)(H,12,13,14). The zero-order chi connectivity index (χ0) is 13.7. The van der Waals surface area contributed by atoms with Crippen molar-refractivity contribution in [2.75, 3.05) is 26.2 Å². The second kappa shape index (κ2) is 6.14. The molecular weight excluding hydrogens is 254 g/mol. The van der Waals surface area contributed by atoms with Crippen LogP contribution in [0.3, 0.4) is 0 Å². The molecule has 9 nitrogen and oxygen atoms in total. The number of aromatic nitrogens is 3. The number of carboxylic acid groups (broad SMARTS) is 1. The van der Waals surface area contributed by atoms with Gasteiger partial charge in [0, 0.05) is 19.5 Å². The lowest BCUT2D eigenvalue weighted by molar-refractivity contribution is -0.154. The van der Waals surface area contributed by atoms with Gasteiger partial charge < -0.3 is 20.1 Å². The van der Waals surface area contributed by atoms with Crippen LogP contribution in [0.4, 0.5) is 4.79 Å². The Labute approximate surface area is 109 Å². The summed E-state index contributed by atoms with van der Waals surface area (Å²) < 4.78 is 5.04. The number of nitrogens with zero attached hydrogens (tertiary/aromatic N) is 3. The SMILES string of the molecule is O=C(O)C1CN(C(=O)NCCc2ncn[nH]2)CCO1. The van der Waals surface area contributed by atoms with Crippen LogP contribution in [0.5, 0.6) is 0 Å². The maximum atomic E-state index is 11.8. The van der Waals surface area contributed by atoms with Crippen LogP contribution >= 0.6 is 0 Å². The van der Waals surface area contributed by atoms with E-state index in [0.717, 1.165) is 0 Å². The van der Waals surface area contributed by atoms with Crippen LogP contribution in [0.15, 0.2) is 6.33 Å². The molecule has 0 aromatic carbocycles. The van der Waals surface area contributed by atoms with Crippen LogP contribution < -0.4 is 5.32 Å². The molecule has 1 aromatic rings.